The van der Waals surface area contributed by atoms with Crippen molar-refractivity contribution in [1.29, 1.82) is 0 Å². The Bertz CT molecular complexity index is 821. The Labute approximate surface area is 146 Å². The highest BCUT2D eigenvalue weighted by molar-refractivity contribution is 7.18. The minimum Gasteiger partial charge on any atom is -0.291 e. The number of carbonyl (C=O) groups is 3. The zero-order valence-electron chi connectivity index (χ0n) is 12.5. The van der Waals surface area contributed by atoms with E-state index in [0.717, 1.165) is 16.2 Å². The van der Waals surface area contributed by atoms with E-state index < -0.39 is 23.8 Å². The van der Waals surface area contributed by atoms with Gasteiger partial charge in [-0.15, -0.1) is 11.3 Å². The second-order valence-corrected chi connectivity index (χ2v) is 6.97. The number of anilines is 1. The van der Waals surface area contributed by atoms with Crippen LogP contribution in [0.3, 0.4) is 0 Å². The summed E-state index contributed by atoms with van der Waals surface area (Å²) in [5.41, 5.74) is 0.399. The predicted octanol–water partition coefficient (Wildman–Crippen LogP) is 3.58. The van der Waals surface area contributed by atoms with Crippen molar-refractivity contribution in [3.05, 3.63) is 51.4 Å². The molecule has 1 aliphatic rings. The molecule has 0 bridgehead atoms. The van der Waals surface area contributed by atoms with Crippen LogP contribution in [0.2, 0.25) is 4.34 Å². The SMILES string of the molecule is CC1C(=O)N(CC(=O)c2ccc(Cl)s2)C(=O)N1c1ccc(F)cc1. The first kappa shape index (κ1) is 16.6. The number of Topliss-reactive ketones (excluding diaryl/α,β-unsaturated/α-hetero) is 1. The van der Waals surface area contributed by atoms with Crippen LogP contribution in [-0.2, 0) is 4.79 Å². The molecule has 0 N–H and O–H groups in total. The maximum absolute atomic E-state index is 13.0. The van der Waals surface area contributed by atoms with Gasteiger partial charge >= 0.3 is 6.03 Å². The third-order valence-corrected chi connectivity index (χ3v) is 4.97. The molecule has 3 amide bonds. The van der Waals surface area contributed by atoms with E-state index in [9.17, 15) is 18.8 Å². The van der Waals surface area contributed by atoms with Gasteiger partial charge in [-0.1, -0.05) is 11.6 Å². The van der Waals surface area contributed by atoms with E-state index in [-0.39, 0.29) is 12.3 Å². The van der Waals surface area contributed by atoms with Crippen LogP contribution in [-0.4, -0.2) is 35.2 Å². The molecule has 1 saturated heterocycles. The van der Waals surface area contributed by atoms with Crippen molar-refractivity contribution in [2.45, 2.75) is 13.0 Å². The van der Waals surface area contributed by atoms with E-state index in [4.69, 9.17) is 11.6 Å². The molecular weight excluding hydrogens is 355 g/mol. The maximum Gasteiger partial charge on any atom is 0.332 e. The average molecular weight is 367 g/mol. The topological polar surface area (TPSA) is 57.7 Å². The van der Waals surface area contributed by atoms with Crippen molar-refractivity contribution < 1.29 is 18.8 Å². The summed E-state index contributed by atoms with van der Waals surface area (Å²) >= 11 is 6.89. The Morgan fingerprint density at radius 3 is 2.46 bits per heavy atom. The Hall–Kier alpha value is -2.25. The summed E-state index contributed by atoms with van der Waals surface area (Å²) in [4.78, 5) is 39.7. The Morgan fingerprint density at radius 2 is 1.88 bits per heavy atom. The Kier molecular flexibility index (Phi) is 4.38. The first-order valence-corrected chi connectivity index (χ1v) is 8.26. The molecule has 5 nitrogen and oxygen atoms in total. The van der Waals surface area contributed by atoms with Gasteiger partial charge in [0.1, 0.15) is 11.9 Å². The summed E-state index contributed by atoms with van der Waals surface area (Å²) < 4.78 is 13.5. The number of ketones is 1. The minimum absolute atomic E-state index is 0.351. The molecule has 0 radical (unpaired) electrons. The number of benzene rings is 1. The lowest BCUT2D eigenvalue weighted by atomic mass is 10.2. The number of carbonyl (C=O) groups excluding carboxylic acids is 3. The van der Waals surface area contributed by atoms with Crippen LogP contribution in [0.1, 0.15) is 16.6 Å². The monoisotopic (exact) mass is 366 g/mol. The fourth-order valence-electron chi connectivity index (χ4n) is 2.49. The summed E-state index contributed by atoms with van der Waals surface area (Å²) in [7, 11) is 0. The molecule has 1 atom stereocenters. The predicted molar refractivity (Wildman–Crippen MR) is 89.1 cm³/mol. The molecule has 0 aliphatic carbocycles. The van der Waals surface area contributed by atoms with Gasteiger partial charge in [0.15, 0.2) is 5.78 Å². The average Bonchev–Trinajstić information content (AvgIpc) is 3.07. The number of imide groups is 1. The smallest absolute Gasteiger partial charge is 0.291 e. The van der Waals surface area contributed by atoms with E-state index in [0.29, 0.717) is 14.9 Å². The van der Waals surface area contributed by atoms with Crippen LogP contribution in [0.15, 0.2) is 36.4 Å². The Balaban J connectivity index is 1.82. The highest BCUT2D eigenvalue weighted by Crippen LogP contribution is 2.27. The number of nitrogens with zero attached hydrogens (tertiary/aromatic N) is 2. The summed E-state index contributed by atoms with van der Waals surface area (Å²) in [6.45, 7) is 1.21. The standard InChI is InChI=1S/C16H12ClFN2O3S/c1-9-15(22)19(8-12(21)13-6-7-14(17)24-13)16(23)20(9)11-4-2-10(18)3-5-11/h2-7,9H,8H2,1H3. The second kappa shape index (κ2) is 6.33. The van der Waals surface area contributed by atoms with Crippen molar-refractivity contribution >= 4 is 46.3 Å². The molecule has 1 unspecified atom stereocenters. The van der Waals surface area contributed by atoms with Gasteiger partial charge in [0.2, 0.25) is 0 Å². The fourth-order valence-corrected chi connectivity index (χ4v) is 3.47. The Morgan fingerprint density at radius 1 is 1.21 bits per heavy atom. The molecule has 124 valence electrons. The molecule has 3 rings (SSSR count). The van der Waals surface area contributed by atoms with Crippen molar-refractivity contribution in [2.24, 2.45) is 0 Å². The van der Waals surface area contributed by atoms with Gasteiger partial charge in [0.05, 0.1) is 15.8 Å². The van der Waals surface area contributed by atoms with Gasteiger partial charge < -0.3 is 0 Å². The molecule has 1 fully saturated rings. The third-order valence-electron chi connectivity index (χ3n) is 3.70. The number of urea groups is 1. The zero-order chi connectivity index (χ0) is 17.4. The molecule has 2 aromatic rings. The van der Waals surface area contributed by atoms with Gasteiger partial charge in [-0.2, -0.15) is 0 Å². The number of halogens is 2. The van der Waals surface area contributed by atoms with E-state index in [2.05, 4.69) is 0 Å². The van der Waals surface area contributed by atoms with E-state index in [1.54, 1.807) is 19.1 Å². The molecule has 1 aliphatic heterocycles. The maximum atomic E-state index is 13.0. The van der Waals surface area contributed by atoms with Crippen LogP contribution >= 0.6 is 22.9 Å². The van der Waals surface area contributed by atoms with E-state index in [1.807, 2.05) is 0 Å². The molecule has 0 spiro atoms. The third kappa shape index (κ3) is 2.92. The van der Waals surface area contributed by atoms with Gasteiger partial charge in [0, 0.05) is 5.69 Å². The molecular formula is C16H12ClFN2O3S. The molecule has 2 heterocycles. The normalized spacial score (nSPS) is 17.7. The van der Waals surface area contributed by atoms with Crippen molar-refractivity contribution in [3.8, 4) is 0 Å². The van der Waals surface area contributed by atoms with Crippen LogP contribution in [0.4, 0.5) is 14.9 Å². The largest absolute Gasteiger partial charge is 0.332 e. The van der Waals surface area contributed by atoms with Crippen LogP contribution < -0.4 is 4.90 Å². The summed E-state index contributed by atoms with van der Waals surface area (Å²) in [5.74, 6) is -1.27. The minimum atomic E-state index is -0.761. The van der Waals surface area contributed by atoms with Crippen molar-refractivity contribution in [1.82, 2.24) is 4.90 Å². The van der Waals surface area contributed by atoms with Crippen molar-refractivity contribution in [2.75, 3.05) is 11.4 Å². The summed E-state index contributed by atoms with van der Waals surface area (Å²) in [6, 6.07) is 7.03. The first-order valence-electron chi connectivity index (χ1n) is 7.07. The van der Waals surface area contributed by atoms with E-state index >= 15 is 0 Å². The first-order chi connectivity index (χ1) is 11.4. The highest BCUT2D eigenvalue weighted by Gasteiger charge is 2.44. The van der Waals surface area contributed by atoms with Gasteiger partial charge in [-0.25, -0.2) is 9.18 Å². The van der Waals surface area contributed by atoms with Crippen molar-refractivity contribution in [3.63, 3.8) is 0 Å². The number of thiophene rings is 1. The fraction of sp³-hybridized carbons (Fsp3) is 0.188. The van der Waals surface area contributed by atoms with Crippen LogP contribution in [0.25, 0.3) is 0 Å². The number of rotatable bonds is 4. The number of hydrogen-bond acceptors (Lipinski definition) is 4. The molecule has 24 heavy (non-hydrogen) atoms. The molecule has 1 aromatic carbocycles. The van der Waals surface area contributed by atoms with Gasteiger partial charge in [-0.3, -0.25) is 19.4 Å². The highest BCUT2D eigenvalue weighted by atomic mass is 35.5. The zero-order valence-corrected chi connectivity index (χ0v) is 14.1. The number of hydrogen-bond donors (Lipinski definition) is 0. The van der Waals surface area contributed by atoms with Crippen LogP contribution in [0.5, 0.6) is 0 Å². The second-order valence-electron chi connectivity index (χ2n) is 5.26. The molecule has 1 aromatic heterocycles. The molecule has 8 heteroatoms. The summed E-state index contributed by atoms with van der Waals surface area (Å²) in [6.07, 6.45) is 0. The summed E-state index contributed by atoms with van der Waals surface area (Å²) in [5, 5.41) is 0. The van der Waals surface area contributed by atoms with Gasteiger partial charge in [-0.05, 0) is 43.3 Å². The lowest BCUT2D eigenvalue weighted by Crippen LogP contribution is -2.36. The van der Waals surface area contributed by atoms with E-state index in [1.165, 1.54) is 29.2 Å². The molecule has 0 saturated carbocycles. The van der Waals surface area contributed by atoms with Crippen LogP contribution in [0, 0.1) is 5.82 Å². The number of amides is 3. The lowest BCUT2D eigenvalue weighted by molar-refractivity contribution is -0.126. The lowest BCUT2D eigenvalue weighted by Gasteiger charge is -2.19. The quantitative estimate of drug-likeness (QED) is 0.614. The van der Waals surface area contributed by atoms with Gasteiger partial charge in [0.25, 0.3) is 5.91 Å².